The molecule has 3 N–H and O–H groups in total. The Bertz CT molecular complexity index is 612. The van der Waals surface area contributed by atoms with Gasteiger partial charge in [-0.05, 0) is 51.6 Å². The van der Waals surface area contributed by atoms with Crippen LogP contribution < -0.4 is 11.1 Å². The maximum Gasteiger partial charge on any atom is 0.269 e. The van der Waals surface area contributed by atoms with Crippen LogP contribution in [-0.2, 0) is 0 Å². The van der Waals surface area contributed by atoms with Crippen LogP contribution in [0.15, 0.2) is 22.7 Å². The molecule has 5 nitrogen and oxygen atoms in total. The number of carbonyl (C=O) groups is 1. The Morgan fingerprint density at radius 1 is 1.47 bits per heavy atom. The van der Waals surface area contributed by atoms with E-state index in [1.807, 2.05) is 13.8 Å². The second-order valence-electron chi connectivity index (χ2n) is 4.33. The normalized spacial score (nSPS) is 10.7. The first-order valence-corrected chi connectivity index (χ1v) is 7.24. The van der Waals surface area contributed by atoms with Crippen LogP contribution in [0.2, 0.25) is 0 Å². The van der Waals surface area contributed by atoms with E-state index in [9.17, 15) is 4.79 Å². The molecule has 0 saturated heterocycles. The topological polar surface area (TPSA) is 80.9 Å². The monoisotopic (exact) mass is 340 g/mol. The Kier molecular flexibility index (Phi) is 4.16. The van der Waals surface area contributed by atoms with Crippen LogP contribution in [0.3, 0.4) is 0 Å². The third-order valence-corrected chi connectivity index (χ3v) is 3.98. The molecule has 0 spiro atoms. The maximum absolute atomic E-state index is 12.2. The second-order valence-corrected chi connectivity index (χ2v) is 5.94. The number of aromatic nitrogens is 2. The number of hydrogen-bond acceptors (Lipinski definition) is 5. The number of nitrogens with two attached hydrogens (primary N) is 1. The molecule has 1 aromatic heterocycles. The summed E-state index contributed by atoms with van der Waals surface area (Å²) in [5.41, 5.74) is 7.71. The predicted octanol–water partition coefficient (Wildman–Crippen LogP) is 3.26. The van der Waals surface area contributed by atoms with Crippen molar-refractivity contribution in [3.05, 3.63) is 33.2 Å². The molecule has 2 rings (SSSR count). The Balaban J connectivity index is 2.21. The highest BCUT2D eigenvalue weighted by Gasteiger charge is 2.18. The summed E-state index contributed by atoms with van der Waals surface area (Å²) >= 11 is 4.41. The Morgan fingerprint density at radius 2 is 2.21 bits per heavy atom. The van der Waals surface area contributed by atoms with Gasteiger partial charge in [0.25, 0.3) is 5.91 Å². The molecule has 2 aromatic rings. The van der Waals surface area contributed by atoms with Crippen LogP contribution in [0.1, 0.15) is 35.1 Å². The molecule has 7 heteroatoms. The number of nitrogens with one attached hydrogen (secondary N) is 1. The summed E-state index contributed by atoms with van der Waals surface area (Å²) in [5, 5.41) is 6.78. The van der Waals surface area contributed by atoms with Gasteiger partial charge < -0.3 is 11.1 Å². The molecule has 19 heavy (non-hydrogen) atoms. The number of halogens is 1. The molecule has 0 atom stereocenters. The van der Waals surface area contributed by atoms with Crippen LogP contribution in [0.25, 0.3) is 0 Å². The van der Waals surface area contributed by atoms with E-state index >= 15 is 0 Å². The molecule has 0 unspecified atom stereocenters. The lowest BCUT2D eigenvalue weighted by molar-refractivity contribution is 0.102. The molecular formula is C12H13BrN4OS. The van der Waals surface area contributed by atoms with Crippen molar-refractivity contribution in [3.63, 3.8) is 0 Å². The average molecular weight is 341 g/mol. The van der Waals surface area contributed by atoms with Gasteiger partial charge in [-0.15, -0.1) is 5.10 Å². The predicted molar refractivity (Wildman–Crippen MR) is 80.5 cm³/mol. The molecular weight excluding hydrogens is 328 g/mol. The first-order chi connectivity index (χ1) is 8.99. The fourth-order valence-electron chi connectivity index (χ4n) is 1.54. The number of carbonyl (C=O) groups excluding carboxylic acids is 1. The van der Waals surface area contributed by atoms with Crippen molar-refractivity contribution in [3.8, 4) is 0 Å². The Labute approximate surface area is 123 Å². The first-order valence-electron chi connectivity index (χ1n) is 5.67. The summed E-state index contributed by atoms with van der Waals surface area (Å²) in [6.45, 7) is 3.95. The summed E-state index contributed by atoms with van der Waals surface area (Å²) in [5.74, 6) is -0.0464. The SMILES string of the molecule is CC(C)c1nnsc1C(=O)Nc1ccc(Br)c(N)c1. The van der Waals surface area contributed by atoms with Crippen LogP contribution >= 0.6 is 27.5 Å². The van der Waals surface area contributed by atoms with E-state index in [-0.39, 0.29) is 11.8 Å². The van der Waals surface area contributed by atoms with Gasteiger partial charge in [-0.25, -0.2) is 0 Å². The maximum atomic E-state index is 12.2. The molecule has 0 fully saturated rings. The second kappa shape index (κ2) is 5.66. The molecule has 1 heterocycles. The Morgan fingerprint density at radius 3 is 2.84 bits per heavy atom. The van der Waals surface area contributed by atoms with Crippen LogP contribution in [-0.4, -0.2) is 15.5 Å². The van der Waals surface area contributed by atoms with Gasteiger partial charge in [0.15, 0.2) is 0 Å². The van der Waals surface area contributed by atoms with Crippen LogP contribution in [0, 0.1) is 0 Å². The number of hydrogen-bond donors (Lipinski definition) is 2. The summed E-state index contributed by atoms with van der Waals surface area (Å²) in [4.78, 5) is 12.7. The quantitative estimate of drug-likeness (QED) is 0.840. The lowest BCUT2D eigenvalue weighted by Gasteiger charge is -2.07. The van der Waals surface area contributed by atoms with Gasteiger partial charge in [0.2, 0.25) is 0 Å². The van der Waals surface area contributed by atoms with Crippen molar-refractivity contribution in [2.75, 3.05) is 11.1 Å². The van der Waals surface area contributed by atoms with E-state index in [4.69, 9.17) is 5.73 Å². The minimum absolute atomic E-state index is 0.162. The van der Waals surface area contributed by atoms with Crippen molar-refractivity contribution in [1.82, 2.24) is 9.59 Å². The lowest BCUT2D eigenvalue weighted by atomic mass is 10.1. The highest BCUT2D eigenvalue weighted by Crippen LogP contribution is 2.25. The third-order valence-electron chi connectivity index (χ3n) is 2.52. The average Bonchev–Trinajstić information content (AvgIpc) is 2.83. The van der Waals surface area contributed by atoms with E-state index in [0.717, 1.165) is 16.0 Å². The number of nitrogens with zero attached hydrogens (tertiary/aromatic N) is 2. The standard InChI is InChI=1S/C12H13BrN4OS/c1-6(2)10-11(19-17-16-10)12(18)15-7-3-4-8(13)9(14)5-7/h3-6H,14H2,1-2H3,(H,15,18). The van der Waals surface area contributed by atoms with Crippen LogP contribution in [0.4, 0.5) is 11.4 Å². The van der Waals surface area contributed by atoms with Gasteiger partial charge in [-0.3, -0.25) is 4.79 Å². The van der Waals surface area contributed by atoms with Gasteiger partial charge in [0.05, 0.1) is 5.69 Å². The molecule has 0 saturated carbocycles. The van der Waals surface area contributed by atoms with Crippen molar-refractivity contribution in [2.24, 2.45) is 0 Å². The first kappa shape index (κ1) is 14.0. The summed E-state index contributed by atoms with van der Waals surface area (Å²) in [6.07, 6.45) is 0. The molecule has 0 bridgehead atoms. The largest absolute Gasteiger partial charge is 0.398 e. The number of nitrogen functional groups attached to an aromatic ring is 1. The zero-order chi connectivity index (χ0) is 14.0. The molecule has 100 valence electrons. The molecule has 1 aromatic carbocycles. The zero-order valence-corrected chi connectivity index (χ0v) is 12.9. The highest BCUT2D eigenvalue weighted by molar-refractivity contribution is 9.10. The number of benzene rings is 1. The van der Waals surface area contributed by atoms with Gasteiger partial charge in [0, 0.05) is 15.8 Å². The smallest absolute Gasteiger partial charge is 0.269 e. The van der Waals surface area contributed by atoms with Gasteiger partial charge in [-0.1, -0.05) is 18.3 Å². The fourth-order valence-corrected chi connectivity index (χ4v) is 2.50. The van der Waals surface area contributed by atoms with Crippen molar-refractivity contribution < 1.29 is 4.79 Å². The van der Waals surface area contributed by atoms with E-state index in [0.29, 0.717) is 21.9 Å². The summed E-state index contributed by atoms with van der Waals surface area (Å²) in [6, 6.07) is 5.27. The van der Waals surface area contributed by atoms with E-state index in [2.05, 4.69) is 30.8 Å². The zero-order valence-electron chi connectivity index (χ0n) is 10.5. The fraction of sp³-hybridized carbons (Fsp3) is 0.250. The van der Waals surface area contributed by atoms with Gasteiger partial charge in [0.1, 0.15) is 4.88 Å². The summed E-state index contributed by atoms with van der Waals surface area (Å²) < 4.78 is 4.64. The minimum Gasteiger partial charge on any atom is -0.398 e. The molecule has 0 aliphatic rings. The molecule has 0 radical (unpaired) electrons. The van der Waals surface area contributed by atoms with Crippen molar-refractivity contribution in [1.29, 1.82) is 0 Å². The van der Waals surface area contributed by atoms with Crippen LogP contribution in [0.5, 0.6) is 0 Å². The van der Waals surface area contributed by atoms with Gasteiger partial charge >= 0.3 is 0 Å². The van der Waals surface area contributed by atoms with E-state index < -0.39 is 0 Å². The summed E-state index contributed by atoms with van der Waals surface area (Å²) in [7, 11) is 0. The van der Waals surface area contributed by atoms with E-state index in [1.54, 1.807) is 18.2 Å². The molecule has 0 aliphatic heterocycles. The number of anilines is 2. The minimum atomic E-state index is -0.208. The Hall–Kier alpha value is -1.47. The van der Waals surface area contributed by atoms with Gasteiger partial charge in [-0.2, -0.15) is 0 Å². The number of amides is 1. The highest BCUT2D eigenvalue weighted by atomic mass is 79.9. The third kappa shape index (κ3) is 3.10. The number of rotatable bonds is 3. The molecule has 0 aliphatic carbocycles. The van der Waals surface area contributed by atoms with Crippen molar-refractivity contribution >= 4 is 44.7 Å². The van der Waals surface area contributed by atoms with Crippen molar-refractivity contribution in [2.45, 2.75) is 19.8 Å². The molecule has 1 amide bonds. The van der Waals surface area contributed by atoms with E-state index in [1.165, 1.54) is 0 Å². The lowest BCUT2D eigenvalue weighted by Crippen LogP contribution is -2.13.